The van der Waals surface area contributed by atoms with Crippen LogP contribution in [0.25, 0.3) is 0 Å². The Bertz CT molecular complexity index is 334. The Morgan fingerprint density at radius 3 is 2.88 bits per heavy atom. The van der Waals surface area contributed by atoms with Gasteiger partial charge in [-0.15, -0.1) is 0 Å². The van der Waals surface area contributed by atoms with Gasteiger partial charge in [0.1, 0.15) is 5.60 Å². The SMILES string of the molecule is C/C(=C\[N+](=O)[O-])C(C)(O)C1CCCOC1=O. The monoisotopic (exact) mass is 229 g/mol. The van der Waals surface area contributed by atoms with Crippen LogP contribution in [0, 0.1) is 16.0 Å². The molecular weight excluding hydrogens is 214 g/mol. The average Bonchev–Trinajstić information content (AvgIpc) is 2.16. The standard InChI is InChI=1S/C10H15NO5/c1-7(6-11(14)15)10(2,13)8-4-3-5-16-9(8)12/h6,8,13H,3-5H2,1-2H3/b7-6+. The van der Waals surface area contributed by atoms with Crippen LogP contribution in [0.5, 0.6) is 0 Å². The number of rotatable bonds is 3. The van der Waals surface area contributed by atoms with Gasteiger partial charge in [0.25, 0.3) is 0 Å². The van der Waals surface area contributed by atoms with Crippen LogP contribution in [-0.2, 0) is 9.53 Å². The van der Waals surface area contributed by atoms with Gasteiger partial charge in [-0.05, 0) is 26.7 Å². The minimum absolute atomic E-state index is 0.154. The van der Waals surface area contributed by atoms with Gasteiger partial charge in [-0.25, -0.2) is 0 Å². The van der Waals surface area contributed by atoms with E-state index in [0.29, 0.717) is 19.4 Å². The average molecular weight is 229 g/mol. The highest BCUT2D eigenvalue weighted by Crippen LogP contribution is 2.32. The number of carbonyl (C=O) groups is 1. The molecule has 0 bridgehead atoms. The number of cyclic esters (lactones) is 1. The molecule has 1 aliphatic rings. The van der Waals surface area contributed by atoms with Crippen molar-refractivity contribution in [1.29, 1.82) is 0 Å². The van der Waals surface area contributed by atoms with E-state index >= 15 is 0 Å². The molecule has 0 spiro atoms. The number of ether oxygens (including phenoxy) is 1. The maximum absolute atomic E-state index is 11.5. The summed E-state index contributed by atoms with van der Waals surface area (Å²) in [6.07, 6.45) is 1.87. The summed E-state index contributed by atoms with van der Waals surface area (Å²) in [4.78, 5) is 21.1. The van der Waals surface area contributed by atoms with Crippen molar-refractivity contribution in [3.8, 4) is 0 Å². The molecule has 1 fully saturated rings. The number of hydrogen-bond acceptors (Lipinski definition) is 5. The third kappa shape index (κ3) is 2.57. The molecule has 0 aromatic rings. The predicted molar refractivity (Wildman–Crippen MR) is 55.1 cm³/mol. The molecule has 2 atom stereocenters. The molecule has 6 heteroatoms. The minimum atomic E-state index is -1.52. The van der Waals surface area contributed by atoms with Crippen LogP contribution in [0.3, 0.4) is 0 Å². The van der Waals surface area contributed by atoms with Gasteiger partial charge in [0, 0.05) is 5.57 Å². The van der Waals surface area contributed by atoms with Crippen molar-refractivity contribution in [2.75, 3.05) is 6.61 Å². The first kappa shape index (κ1) is 12.6. The summed E-state index contributed by atoms with van der Waals surface area (Å²) in [6, 6.07) is 0. The van der Waals surface area contributed by atoms with E-state index in [1.165, 1.54) is 13.8 Å². The summed E-state index contributed by atoms with van der Waals surface area (Å²) >= 11 is 0. The zero-order valence-corrected chi connectivity index (χ0v) is 9.30. The van der Waals surface area contributed by atoms with Gasteiger partial charge >= 0.3 is 5.97 Å². The number of nitro groups is 1. The first-order valence-electron chi connectivity index (χ1n) is 5.07. The van der Waals surface area contributed by atoms with Gasteiger partial charge in [-0.1, -0.05) is 0 Å². The lowest BCUT2D eigenvalue weighted by atomic mass is 9.80. The number of esters is 1. The van der Waals surface area contributed by atoms with Crippen LogP contribution in [0.15, 0.2) is 11.8 Å². The van der Waals surface area contributed by atoms with Gasteiger partial charge < -0.3 is 9.84 Å². The summed E-state index contributed by atoms with van der Waals surface area (Å²) in [7, 11) is 0. The molecule has 0 aromatic heterocycles. The molecule has 1 N–H and O–H groups in total. The lowest BCUT2D eigenvalue weighted by Crippen LogP contribution is -2.44. The third-order valence-corrected chi connectivity index (χ3v) is 2.94. The Kier molecular flexibility index (Phi) is 3.64. The molecule has 2 unspecified atom stereocenters. The molecular formula is C10H15NO5. The van der Waals surface area contributed by atoms with E-state index < -0.39 is 22.4 Å². The number of aliphatic hydroxyl groups is 1. The van der Waals surface area contributed by atoms with E-state index in [0.717, 1.165) is 6.20 Å². The second-order valence-corrected chi connectivity index (χ2v) is 4.11. The normalized spacial score (nSPS) is 25.8. The zero-order valence-electron chi connectivity index (χ0n) is 9.30. The second-order valence-electron chi connectivity index (χ2n) is 4.11. The highest BCUT2D eigenvalue weighted by Gasteiger charge is 2.42. The molecule has 6 nitrogen and oxygen atoms in total. The summed E-state index contributed by atoms with van der Waals surface area (Å²) in [5.74, 6) is -1.22. The predicted octanol–water partition coefficient (Wildman–Crippen LogP) is 0.871. The molecule has 0 aromatic carbocycles. The second kappa shape index (κ2) is 4.61. The lowest BCUT2D eigenvalue weighted by Gasteiger charge is -2.33. The summed E-state index contributed by atoms with van der Waals surface area (Å²) in [5.41, 5.74) is -1.37. The molecule has 0 aliphatic carbocycles. The van der Waals surface area contributed by atoms with Crippen LogP contribution >= 0.6 is 0 Å². The fourth-order valence-corrected chi connectivity index (χ4v) is 1.75. The van der Waals surface area contributed by atoms with Crippen LogP contribution in [-0.4, -0.2) is 28.2 Å². The highest BCUT2D eigenvalue weighted by atomic mass is 16.6. The molecule has 1 heterocycles. The number of nitrogens with zero attached hydrogens (tertiary/aromatic N) is 1. The quantitative estimate of drug-likeness (QED) is 0.440. The van der Waals surface area contributed by atoms with Crippen molar-refractivity contribution in [3.05, 3.63) is 21.9 Å². The minimum Gasteiger partial charge on any atom is -0.465 e. The number of carbonyl (C=O) groups excluding carboxylic acids is 1. The first-order valence-corrected chi connectivity index (χ1v) is 5.07. The topological polar surface area (TPSA) is 89.7 Å². The molecule has 1 aliphatic heterocycles. The first-order chi connectivity index (χ1) is 7.35. The number of hydrogen-bond donors (Lipinski definition) is 1. The van der Waals surface area contributed by atoms with Crippen molar-refractivity contribution in [2.24, 2.45) is 5.92 Å². The summed E-state index contributed by atoms with van der Waals surface area (Å²) in [6.45, 7) is 3.19. The Morgan fingerprint density at radius 1 is 1.75 bits per heavy atom. The zero-order chi connectivity index (χ0) is 12.3. The van der Waals surface area contributed by atoms with Gasteiger partial charge in [0.2, 0.25) is 6.20 Å². The summed E-state index contributed by atoms with van der Waals surface area (Å²) in [5, 5.41) is 20.5. The van der Waals surface area contributed by atoms with Crippen LogP contribution in [0.2, 0.25) is 0 Å². The molecule has 0 radical (unpaired) electrons. The summed E-state index contributed by atoms with van der Waals surface area (Å²) < 4.78 is 4.84. The smallest absolute Gasteiger partial charge is 0.312 e. The van der Waals surface area contributed by atoms with E-state index in [2.05, 4.69) is 0 Å². The fraction of sp³-hybridized carbons (Fsp3) is 0.700. The molecule has 1 rings (SSSR count). The molecule has 16 heavy (non-hydrogen) atoms. The van der Waals surface area contributed by atoms with Gasteiger partial charge in [0.05, 0.1) is 17.4 Å². The van der Waals surface area contributed by atoms with Crippen molar-refractivity contribution < 1.29 is 19.6 Å². The Balaban J connectivity index is 2.90. The molecule has 1 saturated heterocycles. The maximum Gasteiger partial charge on any atom is 0.312 e. The van der Waals surface area contributed by atoms with Crippen molar-refractivity contribution in [2.45, 2.75) is 32.3 Å². The van der Waals surface area contributed by atoms with Crippen LogP contribution < -0.4 is 0 Å². The van der Waals surface area contributed by atoms with E-state index in [1.807, 2.05) is 0 Å². The Labute approximate surface area is 93.1 Å². The molecule has 90 valence electrons. The van der Waals surface area contributed by atoms with Crippen molar-refractivity contribution >= 4 is 5.97 Å². The van der Waals surface area contributed by atoms with Gasteiger partial charge in [-0.2, -0.15) is 0 Å². The largest absolute Gasteiger partial charge is 0.465 e. The van der Waals surface area contributed by atoms with E-state index in [4.69, 9.17) is 4.74 Å². The van der Waals surface area contributed by atoms with E-state index in [-0.39, 0.29) is 5.57 Å². The lowest BCUT2D eigenvalue weighted by molar-refractivity contribution is -0.404. The van der Waals surface area contributed by atoms with E-state index in [1.54, 1.807) is 0 Å². The highest BCUT2D eigenvalue weighted by molar-refractivity contribution is 5.75. The maximum atomic E-state index is 11.5. The fourth-order valence-electron chi connectivity index (χ4n) is 1.75. The molecule has 0 saturated carbocycles. The third-order valence-electron chi connectivity index (χ3n) is 2.94. The molecule has 0 amide bonds. The van der Waals surface area contributed by atoms with Crippen molar-refractivity contribution in [3.63, 3.8) is 0 Å². The van der Waals surface area contributed by atoms with Gasteiger partial charge in [-0.3, -0.25) is 14.9 Å². The van der Waals surface area contributed by atoms with Crippen LogP contribution in [0.4, 0.5) is 0 Å². The van der Waals surface area contributed by atoms with E-state index in [9.17, 15) is 20.0 Å². The Morgan fingerprint density at radius 2 is 2.38 bits per heavy atom. The van der Waals surface area contributed by atoms with Gasteiger partial charge in [0.15, 0.2) is 0 Å². The van der Waals surface area contributed by atoms with Crippen LogP contribution in [0.1, 0.15) is 26.7 Å². The van der Waals surface area contributed by atoms with Crippen molar-refractivity contribution in [1.82, 2.24) is 0 Å². The Hall–Kier alpha value is -1.43.